The number of rotatable bonds is 7. The molecule has 0 saturated carbocycles. The minimum absolute atomic E-state index is 0.405. The number of imidazole rings is 2. The van der Waals surface area contributed by atoms with E-state index >= 15 is 0 Å². The standard InChI is InChI=1S/C21H24N6O2S/c1-4-5-11-27-18-17(19(28)24-20(27)29)26(3)16(23-18)13-30-21-22-12-15(25(21)2)14-9-7-6-8-10-14/h6-10,12H,4-5,11,13H2,1-3H3,(H,24,28,29). The molecule has 0 aliphatic heterocycles. The lowest BCUT2D eigenvalue weighted by atomic mass is 10.2. The molecule has 0 aliphatic carbocycles. The zero-order chi connectivity index (χ0) is 21.3. The van der Waals surface area contributed by atoms with E-state index in [2.05, 4.69) is 34.0 Å². The van der Waals surface area contributed by atoms with Gasteiger partial charge in [0, 0.05) is 20.6 Å². The molecule has 3 heterocycles. The number of nitrogens with zero attached hydrogens (tertiary/aromatic N) is 5. The van der Waals surface area contributed by atoms with Crippen LogP contribution in [0.3, 0.4) is 0 Å². The van der Waals surface area contributed by atoms with Crippen molar-refractivity contribution in [1.29, 1.82) is 0 Å². The van der Waals surface area contributed by atoms with Gasteiger partial charge in [0.05, 0.1) is 17.6 Å². The number of fused-ring (bicyclic) bond motifs is 1. The monoisotopic (exact) mass is 424 g/mol. The molecule has 4 rings (SSSR count). The van der Waals surface area contributed by atoms with Gasteiger partial charge in [-0.2, -0.15) is 0 Å². The highest BCUT2D eigenvalue weighted by Gasteiger charge is 2.17. The van der Waals surface area contributed by atoms with Gasteiger partial charge in [-0.3, -0.25) is 14.3 Å². The quantitative estimate of drug-likeness (QED) is 0.461. The smallest absolute Gasteiger partial charge is 0.325 e. The minimum atomic E-state index is -0.408. The Bertz CT molecular complexity index is 1300. The first-order chi connectivity index (χ1) is 14.5. The number of hydrogen-bond donors (Lipinski definition) is 1. The van der Waals surface area contributed by atoms with Crippen LogP contribution in [0.1, 0.15) is 25.6 Å². The summed E-state index contributed by atoms with van der Waals surface area (Å²) in [6, 6.07) is 10.1. The van der Waals surface area contributed by atoms with Crippen LogP contribution >= 0.6 is 11.8 Å². The zero-order valence-corrected chi connectivity index (χ0v) is 18.1. The molecule has 0 spiro atoms. The average Bonchev–Trinajstić information content (AvgIpc) is 3.27. The van der Waals surface area contributed by atoms with Crippen LogP contribution in [0.15, 0.2) is 51.3 Å². The molecule has 0 atom stereocenters. The Morgan fingerprint density at radius 3 is 2.60 bits per heavy atom. The van der Waals surface area contributed by atoms with E-state index in [1.54, 1.807) is 20.9 Å². The zero-order valence-electron chi connectivity index (χ0n) is 17.3. The molecule has 9 heteroatoms. The number of aryl methyl sites for hydroxylation is 2. The molecule has 0 radical (unpaired) electrons. The fourth-order valence-electron chi connectivity index (χ4n) is 3.48. The molecule has 1 aromatic carbocycles. The van der Waals surface area contributed by atoms with E-state index in [0.717, 1.165) is 35.1 Å². The number of H-pyrrole nitrogens is 1. The van der Waals surface area contributed by atoms with Crippen LogP contribution in [-0.2, 0) is 26.4 Å². The largest absolute Gasteiger partial charge is 0.330 e. The number of hydrogen-bond acceptors (Lipinski definition) is 5. The molecule has 0 bridgehead atoms. The third-order valence-corrected chi connectivity index (χ3v) is 6.23. The first-order valence-corrected chi connectivity index (χ1v) is 10.9. The summed E-state index contributed by atoms with van der Waals surface area (Å²) in [5.41, 5.74) is 2.19. The van der Waals surface area contributed by atoms with Crippen LogP contribution in [-0.4, -0.2) is 28.7 Å². The maximum atomic E-state index is 12.4. The van der Waals surface area contributed by atoms with E-state index in [0.29, 0.717) is 23.5 Å². The van der Waals surface area contributed by atoms with Gasteiger partial charge in [-0.25, -0.2) is 14.8 Å². The van der Waals surface area contributed by atoms with Crippen molar-refractivity contribution in [3.05, 3.63) is 63.2 Å². The van der Waals surface area contributed by atoms with Crippen molar-refractivity contribution in [3.63, 3.8) is 0 Å². The maximum Gasteiger partial charge on any atom is 0.330 e. The molecule has 1 N–H and O–H groups in total. The first-order valence-electron chi connectivity index (χ1n) is 9.89. The molecule has 156 valence electrons. The van der Waals surface area contributed by atoms with E-state index in [1.807, 2.05) is 43.1 Å². The lowest BCUT2D eigenvalue weighted by Crippen LogP contribution is -2.31. The van der Waals surface area contributed by atoms with Crippen molar-refractivity contribution in [1.82, 2.24) is 28.7 Å². The van der Waals surface area contributed by atoms with Crippen molar-refractivity contribution >= 4 is 22.9 Å². The van der Waals surface area contributed by atoms with Gasteiger partial charge in [0.2, 0.25) is 0 Å². The molecule has 3 aromatic heterocycles. The van der Waals surface area contributed by atoms with Crippen LogP contribution in [0.25, 0.3) is 22.4 Å². The second-order valence-electron chi connectivity index (χ2n) is 7.16. The lowest BCUT2D eigenvalue weighted by molar-refractivity contribution is 0.613. The summed E-state index contributed by atoms with van der Waals surface area (Å²) in [5.74, 6) is 1.26. The Balaban J connectivity index is 1.65. The van der Waals surface area contributed by atoms with Crippen molar-refractivity contribution in [2.45, 2.75) is 37.2 Å². The molecular weight excluding hydrogens is 400 g/mol. The molecule has 0 fully saturated rings. The normalized spacial score (nSPS) is 11.4. The van der Waals surface area contributed by atoms with Gasteiger partial charge in [0.15, 0.2) is 16.3 Å². The molecule has 0 unspecified atom stereocenters. The Morgan fingerprint density at radius 1 is 1.10 bits per heavy atom. The highest BCUT2D eigenvalue weighted by Crippen LogP contribution is 2.27. The number of thioether (sulfide) groups is 1. The second kappa shape index (κ2) is 8.35. The molecule has 0 aliphatic rings. The Hall–Kier alpha value is -3.07. The number of aromatic amines is 1. The van der Waals surface area contributed by atoms with Crippen molar-refractivity contribution < 1.29 is 0 Å². The minimum Gasteiger partial charge on any atom is -0.325 e. The molecule has 8 nitrogen and oxygen atoms in total. The van der Waals surface area contributed by atoms with Gasteiger partial charge in [0.1, 0.15) is 5.82 Å². The topological polar surface area (TPSA) is 90.5 Å². The lowest BCUT2D eigenvalue weighted by Gasteiger charge is -2.06. The summed E-state index contributed by atoms with van der Waals surface area (Å²) < 4.78 is 5.37. The van der Waals surface area contributed by atoms with Crippen LogP contribution in [0.2, 0.25) is 0 Å². The van der Waals surface area contributed by atoms with E-state index < -0.39 is 11.2 Å². The summed E-state index contributed by atoms with van der Waals surface area (Å²) in [6.45, 7) is 2.59. The van der Waals surface area contributed by atoms with Crippen molar-refractivity contribution in [3.8, 4) is 11.3 Å². The number of aromatic nitrogens is 6. The summed E-state index contributed by atoms with van der Waals surface area (Å²) in [5, 5.41) is 0.859. The number of benzene rings is 1. The van der Waals surface area contributed by atoms with E-state index in [9.17, 15) is 9.59 Å². The maximum absolute atomic E-state index is 12.4. The Morgan fingerprint density at radius 2 is 1.87 bits per heavy atom. The van der Waals surface area contributed by atoms with Crippen LogP contribution < -0.4 is 11.2 Å². The highest BCUT2D eigenvalue weighted by atomic mass is 32.2. The van der Waals surface area contributed by atoms with Crippen molar-refractivity contribution in [2.24, 2.45) is 14.1 Å². The molecular formula is C21H24N6O2S. The van der Waals surface area contributed by atoms with E-state index in [-0.39, 0.29) is 0 Å². The Labute approximate surface area is 177 Å². The van der Waals surface area contributed by atoms with Gasteiger partial charge in [0.25, 0.3) is 5.56 Å². The molecule has 0 saturated heterocycles. The molecule has 4 aromatic rings. The van der Waals surface area contributed by atoms with Crippen LogP contribution in [0.4, 0.5) is 0 Å². The third-order valence-electron chi connectivity index (χ3n) is 5.19. The van der Waals surface area contributed by atoms with Gasteiger partial charge >= 0.3 is 5.69 Å². The third kappa shape index (κ3) is 3.60. The van der Waals surface area contributed by atoms with Crippen LogP contribution in [0, 0.1) is 0 Å². The predicted octanol–water partition coefficient (Wildman–Crippen LogP) is 2.92. The summed E-state index contributed by atoms with van der Waals surface area (Å²) in [6.07, 6.45) is 3.66. The second-order valence-corrected chi connectivity index (χ2v) is 8.11. The summed E-state index contributed by atoms with van der Waals surface area (Å²) in [7, 11) is 3.79. The summed E-state index contributed by atoms with van der Waals surface area (Å²) >= 11 is 1.55. The van der Waals surface area contributed by atoms with Gasteiger partial charge in [-0.15, -0.1) is 0 Å². The highest BCUT2D eigenvalue weighted by molar-refractivity contribution is 7.98. The summed E-state index contributed by atoms with van der Waals surface area (Å²) in [4.78, 5) is 36.3. The molecule has 30 heavy (non-hydrogen) atoms. The van der Waals surface area contributed by atoms with Gasteiger partial charge in [-0.1, -0.05) is 55.4 Å². The van der Waals surface area contributed by atoms with Crippen molar-refractivity contribution in [2.75, 3.05) is 0 Å². The average molecular weight is 425 g/mol. The molecule has 0 amide bonds. The van der Waals surface area contributed by atoms with E-state index in [1.165, 1.54) is 0 Å². The van der Waals surface area contributed by atoms with Crippen LogP contribution in [0.5, 0.6) is 0 Å². The van der Waals surface area contributed by atoms with Gasteiger partial charge in [-0.05, 0) is 12.0 Å². The SMILES string of the molecule is CCCCn1c(=O)[nH]c(=O)c2c1nc(CSc1ncc(-c3ccccc3)n1C)n2C. The fraction of sp³-hybridized carbons (Fsp3) is 0.333. The van der Waals surface area contributed by atoms with Gasteiger partial charge < -0.3 is 9.13 Å². The fourth-order valence-corrected chi connectivity index (χ4v) is 4.41. The number of nitrogens with one attached hydrogen (secondary N) is 1. The van der Waals surface area contributed by atoms with E-state index in [4.69, 9.17) is 0 Å². The Kier molecular flexibility index (Phi) is 5.63. The number of unbranched alkanes of at least 4 members (excludes halogenated alkanes) is 1. The first kappa shape index (κ1) is 20.2. The predicted molar refractivity (Wildman–Crippen MR) is 119 cm³/mol.